The molecule has 1 N–H and O–H groups in total. The van der Waals surface area contributed by atoms with E-state index in [9.17, 15) is 14.0 Å². The third-order valence-electron chi connectivity index (χ3n) is 3.25. The van der Waals surface area contributed by atoms with Crippen molar-refractivity contribution < 1.29 is 19.1 Å². The summed E-state index contributed by atoms with van der Waals surface area (Å²) in [5.74, 6) is -1.73. The molecule has 4 nitrogen and oxygen atoms in total. The van der Waals surface area contributed by atoms with Crippen molar-refractivity contribution in [3.8, 4) is 0 Å². The molecule has 1 aromatic carbocycles. The second-order valence-corrected chi connectivity index (χ2v) is 5.25. The van der Waals surface area contributed by atoms with Crippen LogP contribution < -0.4 is 0 Å². The van der Waals surface area contributed by atoms with Crippen LogP contribution in [0.15, 0.2) is 18.2 Å². The van der Waals surface area contributed by atoms with Gasteiger partial charge < -0.3 is 10.0 Å². The van der Waals surface area contributed by atoms with Gasteiger partial charge in [0.1, 0.15) is 5.82 Å². The van der Waals surface area contributed by atoms with Crippen molar-refractivity contribution in [2.45, 2.75) is 38.3 Å². The zero-order valence-corrected chi connectivity index (χ0v) is 11.6. The molecule has 2 rings (SSSR count). The van der Waals surface area contributed by atoms with Crippen molar-refractivity contribution >= 4 is 23.5 Å². The molecule has 0 bridgehead atoms. The molecule has 0 unspecified atom stereocenters. The summed E-state index contributed by atoms with van der Waals surface area (Å²) in [5, 5.41) is 8.90. The molecule has 0 radical (unpaired) electrons. The van der Waals surface area contributed by atoms with E-state index >= 15 is 0 Å². The average Bonchev–Trinajstić information content (AvgIpc) is 3.20. The maximum atomic E-state index is 13.8. The molecule has 108 valence electrons. The highest BCUT2D eigenvalue weighted by molar-refractivity contribution is 6.31. The molecule has 1 saturated carbocycles. The maximum absolute atomic E-state index is 13.8. The Morgan fingerprint density at radius 3 is 2.60 bits per heavy atom. The molecule has 1 fully saturated rings. The first-order chi connectivity index (χ1) is 9.49. The summed E-state index contributed by atoms with van der Waals surface area (Å²) in [6, 6.07) is 4.46. The topological polar surface area (TPSA) is 57.6 Å². The lowest BCUT2D eigenvalue weighted by Crippen LogP contribution is -2.33. The van der Waals surface area contributed by atoms with Gasteiger partial charge in [-0.2, -0.15) is 0 Å². The third kappa shape index (κ3) is 3.70. The Hall–Kier alpha value is -1.62. The van der Waals surface area contributed by atoms with Gasteiger partial charge in [-0.15, -0.1) is 0 Å². The minimum atomic E-state index is -1.02. The van der Waals surface area contributed by atoms with Crippen molar-refractivity contribution in [1.29, 1.82) is 0 Å². The van der Waals surface area contributed by atoms with Crippen LogP contribution in [-0.4, -0.2) is 27.9 Å². The van der Waals surface area contributed by atoms with Gasteiger partial charge in [-0.1, -0.05) is 17.7 Å². The van der Waals surface area contributed by atoms with Gasteiger partial charge in [-0.05, 0) is 25.0 Å². The number of hydrogen-bond donors (Lipinski definition) is 1. The average molecular weight is 300 g/mol. The molecule has 1 aliphatic rings. The van der Waals surface area contributed by atoms with E-state index in [0.29, 0.717) is 0 Å². The molecule has 1 amide bonds. The normalized spacial score (nSPS) is 14.1. The van der Waals surface area contributed by atoms with E-state index in [-0.39, 0.29) is 41.9 Å². The molecule has 20 heavy (non-hydrogen) atoms. The Bertz CT molecular complexity index is 511. The molecular weight excluding hydrogens is 285 g/mol. The van der Waals surface area contributed by atoms with Crippen LogP contribution in [0.3, 0.4) is 0 Å². The predicted molar refractivity (Wildman–Crippen MR) is 71.9 cm³/mol. The lowest BCUT2D eigenvalue weighted by molar-refractivity contribution is -0.141. The molecule has 1 aliphatic carbocycles. The first kappa shape index (κ1) is 14.8. The Morgan fingerprint density at radius 1 is 1.35 bits per heavy atom. The minimum absolute atomic E-state index is 0.0715. The van der Waals surface area contributed by atoms with Crippen LogP contribution in [0.1, 0.15) is 31.2 Å². The number of benzene rings is 1. The Kier molecular flexibility index (Phi) is 4.60. The lowest BCUT2D eigenvalue weighted by Gasteiger charge is -2.23. The molecule has 0 saturated heterocycles. The van der Waals surface area contributed by atoms with Gasteiger partial charge in [-0.3, -0.25) is 9.59 Å². The maximum Gasteiger partial charge on any atom is 0.303 e. The van der Waals surface area contributed by atoms with Crippen molar-refractivity contribution in [3.63, 3.8) is 0 Å². The van der Waals surface area contributed by atoms with Crippen LogP contribution in [0.4, 0.5) is 4.39 Å². The number of carboxylic acid groups (broad SMARTS) is 1. The third-order valence-corrected chi connectivity index (χ3v) is 3.60. The predicted octanol–water partition coefficient (Wildman–Crippen LogP) is 2.83. The number of carbonyl (C=O) groups excluding carboxylic acids is 1. The van der Waals surface area contributed by atoms with Crippen LogP contribution >= 0.6 is 11.6 Å². The van der Waals surface area contributed by atoms with Crippen LogP contribution in [0, 0.1) is 5.82 Å². The van der Waals surface area contributed by atoms with Crippen LogP contribution in [0.25, 0.3) is 0 Å². The highest BCUT2D eigenvalue weighted by Gasteiger charge is 2.33. The van der Waals surface area contributed by atoms with Gasteiger partial charge in [0.15, 0.2) is 0 Å². The van der Waals surface area contributed by atoms with Gasteiger partial charge in [0, 0.05) is 23.0 Å². The Labute approximate surface area is 121 Å². The summed E-state index contributed by atoms with van der Waals surface area (Å²) < 4.78 is 13.8. The second-order valence-electron chi connectivity index (χ2n) is 4.85. The van der Waals surface area contributed by atoms with E-state index in [4.69, 9.17) is 16.7 Å². The second kappa shape index (κ2) is 6.22. The molecule has 0 spiro atoms. The summed E-state index contributed by atoms with van der Waals surface area (Å²) in [6.07, 6.45) is 1.45. The molecule has 0 aromatic heterocycles. The molecule has 1 aromatic rings. The highest BCUT2D eigenvalue weighted by Crippen LogP contribution is 2.31. The summed E-state index contributed by atoms with van der Waals surface area (Å²) in [7, 11) is 0. The lowest BCUT2D eigenvalue weighted by atomic mass is 10.1. The first-order valence-electron chi connectivity index (χ1n) is 6.43. The fraction of sp³-hybridized carbons (Fsp3) is 0.429. The summed E-state index contributed by atoms with van der Waals surface area (Å²) in [4.78, 5) is 24.1. The van der Waals surface area contributed by atoms with Gasteiger partial charge in [0.05, 0.1) is 13.0 Å². The smallest absolute Gasteiger partial charge is 0.303 e. The fourth-order valence-electron chi connectivity index (χ4n) is 2.02. The summed E-state index contributed by atoms with van der Waals surface area (Å²) in [6.45, 7) is 0.0919. The van der Waals surface area contributed by atoms with Crippen molar-refractivity contribution in [2.75, 3.05) is 0 Å². The highest BCUT2D eigenvalue weighted by atomic mass is 35.5. The van der Waals surface area contributed by atoms with Gasteiger partial charge in [0.2, 0.25) is 5.91 Å². The molecule has 6 heteroatoms. The van der Waals surface area contributed by atoms with E-state index in [1.165, 1.54) is 17.0 Å². The van der Waals surface area contributed by atoms with Crippen LogP contribution in [-0.2, 0) is 16.1 Å². The monoisotopic (exact) mass is 299 g/mol. The largest absolute Gasteiger partial charge is 0.481 e. The molecular formula is C14H15ClFNO3. The number of halogens is 2. The van der Waals surface area contributed by atoms with Gasteiger partial charge >= 0.3 is 5.97 Å². The zero-order valence-electron chi connectivity index (χ0n) is 10.8. The van der Waals surface area contributed by atoms with Crippen LogP contribution in [0.5, 0.6) is 0 Å². The quantitative estimate of drug-likeness (QED) is 0.879. The van der Waals surface area contributed by atoms with E-state index in [2.05, 4.69) is 0 Å². The number of hydrogen-bond acceptors (Lipinski definition) is 2. The number of carboxylic acids is 1. The van der Waals surface area contributed by atoms with E-state index in [0.717, 1.165) is 12.8 Å². The summed E-state index contributed by atoms with van der Waals surface area (Å²) >= 11 is 5.96. The number of nitrogens with zero attached hydrogens (tertiary/aromatic N) is 1. The first-order valence-corrected chi connectivity index (χ1v) is 6.81. The van der Waals surface area contributed by atoms with E-state index in [1.807, 2.05) is 0 Å². The standard InChI is InChI=1S/C14H15ClFNO3/c15-11-2-1-3-12(16)10(11)8-17(9-4-5-9)13(18)6-7-14(19)20/h1-3,9H,4-8H2,(H,19,20). The van der Waals surface area contributed by atoms with Crippen molar-refractivity contribution in [1.82, 2.24) is 4.90 Å². The number of amides is 1. The number of aliphatic carboxylic acids is 1. The molecule has 0 heterocycles. The number of carbonyl (C=O) groups is 2. The minimum Gasteiger partial charge on any atom is -0.481 e. The Balaban J connectivity index is 2.10. The van der Waals surface area contributed by atoms with Gasteiger partial charge in [-0.25, -0.2) is 4.39 Å². The SMILES string of the molecule is O=C(O)CCC(=O)N(Cc1c(F)cccc1Cl)C1CC1. The molecule has 0 atom stereocenters. The van der Waals surface area contributed by atoms with E-state index < -0.39 is 11.8 Å². The van der Waals surface area contributed by atoms with Crippen LogP contribution in [0.2, 0.25) is 5.02 Å². The molecule has 0 aliphatic heterocycles. The van der Waals surface area contributed by atoms with Gasteiger partial charge in [0.25, 0.3) is 0 Å². The summed E-state index contributed by atoms with van der Waals surface area (Å²) in [5.41, 5.74) is 0.282. The van der Waals surface area contributed by atoms with Crippen molar-refractivity contribution in [3.05, 3.63) is 34.6 Å². The fourth-order valence-corrected chi connectivity index (χ4v) is 2.24. The Morgan fingerprint density at radius 2 is 2.05 bits per heavy atom. The van der Waals surface area contributed by atoms with E-state index in [1.54, 1.807) is 6.07 Å². The van der Waals surface area contributed by atoms with Crippen molar-refractivity contribution in [2.24, 2.45) is 0 Å². The number of rotatable bonds is 6. The zero-order chi connectivity index (χ0) is 14.7.